The van der Waals surface area contributed by atoms with Crippen molar-refractivity contribution >= 4 is 11.5 Å². The zero-order chi connectivity index (χ0) is 12.4. The highest BCUT2D eigenvalue weighted by Gasteiger charge is 2.01. The third-order valence-corrected chi connectivity index (χ3v) is 2.72. The largest absolute Gasteiger partial charge is 0.370 e. The van der Waals surface area contributed by atoms with Crippen LogP contribution in [0.1, 0.15) is 5.82 Å². The van der Waals surface area contributed by atoms with Crippen molar-refractivity contribution in [3.05, 3.63) is 36.7 Å². The maximum Gasteiger partial charge on any atom is 0.157 e. The summed E-state index contributed by atoms with van der Waals surface area (Å²) in [5.41, 5.74) is 0.832. The summed E-state index contributed by atoms with van der Waals surface area (Å²) >= 11 is 0. The van der Waals surface area contributed by atoms with Gasteiger partial charge in [0.05, 0.1) is 6.20 Å². The highest BCUT2D eigenvalue weighted by molar-refractivity contribution is 5.45. The molecule has 18 heavy (non-hydrogen) atoms. The zero-order valence-corrected chi connectivity index (χ0v) is 9.98. The fraction of sp³-hybridized carbons (Fsp3) is 0.273. The van der Waals surface area contributed by atoms with E-state index in [9.17, 15) is 0 Å². The average molecular weight is 243 g/mol. The van der Waals surface area contributed by atoms with Gasteiger partial charge in [0.1, 0.15) is 18.0 Å². The number of hydrogen-bond acceptors (Lipinski definition) is 5. The van der Waals surface area contributed by atoms with E-state index in [-0.39, 0.29) is 0 Å². The van der Waals surface area contributed by atoms with Gasteiger partial charge in [-0.1, -0.05) is 0 Å². The van der Waals surface area contributed by atoms with Gasteiger partial charge in [0.15, 0.2) is 5.65 Å². The van der Waals surface area contributed by atoms with Gasteiger partial charge < -0.3 is 9.88 Å². The first-order valence-corrected chi connectivity index (χ1v) is 5.70. The first-order chi connectivity index (χ1) is 8.83. The van der Waals surface area contributed by atoms with Crippen LogP contribution in [0.5, 0.6) is 0 Å². The van der Waals surface area contributed by atoms with Crippen LogP contribution in [-0.2, 0) is 13.5 Å². The molecule has 0 aliphatic carbocycles. The topological polar surface area (TPSA) is 72.9 Å². The molecule has 0 radical (unpaired) electrons. The molecule has 0 bridgehead atoms. The third kappa shape index (κ3) is 2.02. The summed E-state index contributed by atoms with van der Waals surface area (Å²) in [5.74, 6) is 1.79. The lowest BCUT2D eigenvalue weighted by Gasteiger charge is -2.05. The van der Waals surface area contributed by atoms with Gasteiger partial charge in [-0.15, -0.1) is 10.2 Å². The van der Waals surface area contributed by atoms with Crippen LogP contribution in [0.4, 0.5) is 5.82 Å². The Balaban J connectivity index is 1.64. The first kappa shape index (κ1) is 10.7. The van der Waals surface area contributed by atoms with Gasteiger partial charge in [-0.2, -0.15) is 5.10 Å². The molecule has 0 aliphatic rings. The Morgan fingerprint density at radius 1 is 1.33 bits per heavy atom. The predicted molar refractivity (Wildman–Crippen MR) is 66.2 cm³/mol. The van der Waals surface area contributed by atoms with Gasteiger partial charge in [0, 0.05) is 32.3 Å². The van der Waals surface area contributed by atoms with Gasteiger partial charge in [0.25, 0.3) is 0 Å². The van der Waals surface area contributed by atoms with Crippen molar-refractivity contribution in [3.63, 3.8) is 0 Å². The molecule has 1 N–H and O–H groups in total. The zero-order valence-electron chi connectivity index (χ0n) is 9.98. The van der Waals surface area contributed by atoms with E-state index in [0.717, 1.165) is 30.3 Å². The Hall–Kier alpha value is -2.44. The molecule has 7 nitrogen and oxygen atoms in total. The molecule has 0 saturated carbocycles. The minimum atomic E-state index is 0.768. The van der Waals surface area contributed by atoms with Crippen molar-refractivity contribution in [2.45, 2.75) is 6.42 Å². The second-order valence-electron chi connectivity index (χ2n) is 3.98. The number of nitrogens with one attached hydrogen (secondary N) is 1. The number of aromatic nitrogens is 6. The second-order valence-corrected chi connectivity index (χ2v) is 3.98. The lowest BCUT2D eigenvalue weighted by Crippen LogP contribution is -2.10. The highest BCUT2D eigenvalue weighted by Crippen LogP contribution is 2.05. The number of hydrogen-bond donors (Lipinski definition) is 1. The molecule has 0 aliphatic heterocycles. The lowest BCUT2D eigenvalue weighted by molar-refractivity contribution is 0.787. The van der Waals surface area contributed by atoms with Crippen LogP contribution in [-0.4, -0.2) is 35.9 Å². The maximum absolute atomic E-state index is 4.42. The van der Waals surface area contributed by atoms with Crippen LogP contribution >= 0.6 is 0 Å². The third-order valence-electron chi connectivity index (χ3n) is 2.72. The molecule has 0 atom stereocenters. The summed E-state index contributed by atoms with van der Waals surface area (Å²) in [7, 11) is 1.94. The first-order valence-electron chi connectivity index (χ1n) is 5.70. The Labute approximate surface area is 103 Å². The Kier molecular flexibility index (Phi) is 2.64. The minimum Gasteiger partial charge on any atom is -0.370 e. The van der Waals surface area contributed by atoms with E-state index >= 15 is 0 Å². The van der Waals surface area contributed by atoms with Crippen molar-refractivity contribution in [1.29, 1.82) is 0 Å². The molecular formula is C11H13N7. The smallest absolute Gasteiger partial charge is 0.157 e. The maximum atomic E-state index is 4.42. The Morgan fingerprint density at radius 3 is 3.11 bits per heavy atom. The van der Waals surface area contributed by atoms with Gasteiger partial charge in [-0.25, -0.2) is 9.50 Å². The van der Waals surface area contributed by atoms with Gasteiger partial charge in [-0.3, -0.25) is 0 Å². The van der Waals surface area contributed by atoms with Crippen LogP contribution in [0.15, 0.2) is 30.9 Å². The molecule has 0 saturated heterocycles. The van der Waals surface area contributed by atoms with E-state index in [0.29, 0.717) is 0 Å². The molecule has 0 spiro atoms. The summed E-state index contributed by atoms with van der Waals surface area (Å²) in [4.78, 5) is 4.42. The van der Waals surface area contributed by atoms with E-state index in [1.54, 1.807) is 17.0 Å². The van der Waals surface area contributed by atoms with Crippen LogP contribution in [0.2, 0.25) is 0 Å². The number of anilines is 1. The van der Waals surface area contributed by atoms with Crippen LogP contribution < -0.4 is 5.32 Å². The van der Waals surface area contributed by atoms with Crippen LogP contribution in [0.25, 0.3) is 5.65 Å². The Morgan fingerprint density at radius 2 is 2.28 bits per heavy atom. The molecule has 3 rings (SSSR count). The standard InChI is InChI=1S/C11H13N7/c1-17-8-13-16-11(17)2-5-12-9-4-7-18-10(15-9)3-6-14-18/h3-4,6-8H,2,5H2,1H3,(H,12,15). The van der Waals surface area contributed by atoms with E-state index in [4.69, 9.17) is 0 Å². The molecule has 3 aromatic heterocycles. The SMILES string of the molecule is Cn1cnnc1CCNc1ccn2nccc2n1. The average Bonchev–Trinajstić information content (AvgIpc) is 2.98. The molecule has 7 heteroatoms. The van der Waals surface area contributed by atoms with Crippen LogP contribution in [0, 0.1) is 0 Å². The van der Waals surface area contributed by atoms with Crippen molar-refractivity contribution in [2.24, 2.45) is 7.05 Å². The van der Waals surface area contributed by atoms with E-state index in [2.05, 4.69) is 25.6 Å². The van der Waals surface area contributed by atoms with Crippen molar-refractivity contribution in [1.82, 2.24) is 29.4 Å². The highest BCUT2D eigenvalue weighted by atomic mass is 15.3. The van der Waals surface area contributed by atoms with Crippen molar-refractivity contribution < 1.29 is 0 Å². The minimum absolute atomic E-state index is 0.768. The molecular weight excluding hydrogens is 230 g/mol. The van der Waals surface area contributed by atoms with Gasteiger partial charge in [-0.05, 0) is 6.07 Å². The number of nitrogens with zero attached hydrogens (tertiary/aromatic N) is 6. The second kappa shape index (κ2) is 4.44. The fourth-order valence-corrected chi connectivity index (χ4v) is 1.75. The van der Waals surface area contributed by atoms with E-state index in [1.807, 2.05) is 29.9 Å². The normalized spacial score (nSPS) is 10.9. The molecule has 0 unspecified atom stereocenters. The van der Waals surface area contributed by atoms with E-state index < -0.39 is 0 Å². The summed E-state index contributed by atoms with van der Waals surface area (Å²) < 4.78 is 3.64. The monoisotopic (exact) mass is 243 g/mol. The van der Waals surface area contributed by atoms with Crippen LogP contribution in [0.3, 0.4) is 0 Å². The molecule has 0 amide bonds. The molecule has 92 valence electrons. The fourth-order valence-electron chi connectivity index (χ4n) is 1.75. The Bertz CT molecular complexity index is 654. The summed E-state index contributed by atoms with van der Waals surface area (Å²) in [6.07, 6.45) is 6.12. The molecule has 0 fully saturated rings. The number of fused-ring (bicyclic) bond motifs is 1. The molecule has 0 aromatic carbocycles. The van der Waals surface area contributed by atoms with Crippen molar-refractivity contribution in [2.75, 3.05) is 11.9 Å². The summed E-state index contributed by atoms with van der Waals surface area (Å²) in [5, 5.41) is 15.2. The molecule has 3 heterocycles. The quantitative estimate of drug-likeness (QED) is 0.723. The summed E-state index contributed by atoms with van der Waals surface area (Å²) in [6.45, 7) is 0.768. The number of rotatable bonds is 4. The van der Waals surface area contributed by atoms with Crippen molar-refractivity contribution in [3.8, 4) is 0 Å². The lowest BCUT2D eigenvalue weighted by atomic mass is 10.4. The van der Waals surface area contributed by atoms with E-state index in [1.165, 1.54) is 0 Å². The van der Waals surface area contributed by atoms with Gasteiger partial charge >= 0.3 is 0 Å². The molecule has 3 aromatic rings. The van der Waals surface area contributed by atoms with Gasteiger partial charge in [0.2, 0.25) is 0 Å². The predicted octanol–water partition coefficient (Wildman–Crippen LogP) is 0.512. The summed E-state index contributed by atoms with van der Waals surface area (Å²) in [6, 6.07) is 3.77. The number of aryl methyl sites for hydroxylation is 1.